The van der Waals surface area contributed by atoms with Crippen LogP contribution in [0.5, 0.6) is 0 Å². The maximum atomic E-state index is 7.51. The van der Waals surface area contributed by atoms with E-state index in [2.05, 4.69) is 11.8 Å². The van der Waals surface area contributed by atoms with Crippen LogP contribution in [0, 0.1) is 5.41 Å². The van der Waals surface area contributed by atoms with Gasteiger partial charge in [0.15, 0.2) is 0 Å². The lowest BCUT2D eigenvalue weighted by Gasteiger charge is -2.22. The second kappa shape index (κ2) is 5.03. The summed E-state index contributed by atoms with van der Waals surface area (Å²) in [4.78, 5) is 2.06. The molecular weight excluding hydrogens is 210 g/mol. The summed E-state index contributed by atoms with van der Waals surface area (Å²) in [6.07, 6.45) is 1.04. The van der Waals surface area contributed by atoms with Gasteiger partial charge in [0.25, 0.3) is 0 Å². The van der Waals surface area contributed by atoms with E-state index in [0.717, 1.165) is 18.7 Å². The highest BCUT2D eigenvalue weighted by atomic mass is 35.5. The first kappa shape index (κ1) is 11.9. The topological polar surface area (TPSA) is 53.1 Å². The monoisotopic (exact) mass is 225 g/mol. The van der Waals surface area contributed by atoms with Crippen molar-refractivity contribution >= 4 is 23.1 Å². The van der Waals surface area contributed by atoms with Crippen molar-refractivity contribution < 1.29 is 0 Å². The zero-order valence-electron chi connectivity index (χ0n) is 9.05. The van der Waals surface area contributed by atoms with Crippen molar-refractivity contribution in [1.29, 1.82) is 5.41 Å². The summed E-state index contributed by atoms with van der Waals surface area (Å²) < 4.78 is 0. The lowest BCUT2D eigenvalue weighted by Crippen LogP contribution is -2.23. The van der Waals surface area contributed by atoms with Crippen molar-refractivity contribution in [2.24, 2.45) is 5.73 Å². The molecule has 0 aliphatic rings. The van der Waals surface area contributed by atoms with E-state index in [1.807, 2.05) is 19.2 Å². The minimum atomic E-state index is 0.0125. The smallest absolute Gasteiger partial charge is 0.126 e. The normalized spacial score (nSPS) is 10.1. The van der Waals surface area contributed by atoms with Gasteiger partial charge in [-0.3, -0.25) is 5.41 Å². The van der Waals surface area contributed by atoms with Gasteiger partial charge in [-0.05, 0) is 18.6 Å². The van der Waals surface area contributed by atoms with Crippen LogP contribution in [0.15, 0.2) is 18.2 Å². The zero-order chi connectivity index (χ0) is 11.4. The Balaban J connectivity index is 3.16. The van der Waals surface area contributed by atoms with Crippen LogP contribution >= 0.6 is 11.6 Å². The lowest BCUT2D eigenvalue weighted by molar-refractivity contribution is 0.851. The number of nitrogen functional groups attached to an aromatic ring is 1. The van der Waals surface area contributed by atoms with Gasteiger partial charge in [-0.15, -0.1) is 0 Å². The van der Waals surface area contributed by atoms with E-state index in [9.17, 15) is 0 Å². The van der Waals surface area contributed by atoms with Crippen LogP contribution in [0.4, 0.5) is 5.69 Å². The third-order valence-corrected chi connectivity index (χ3v) is 2.55. The number of hydrogen-bond acceptors (Lipinski definition) is 2. The molecule has 0 aliphatic heterocycles. The molecule has 0 atom stereocenters. The molecule has 0 saturated carbocycles. The summed E-state index contributed by atoms with van der Waals surface area (Å²) >= 11 is 6.02. The molecule has 0 unspecified atom stereocenters. The Morgan fingerprint density at radius 1 is 1.53 bits per heavy atom. The first-order chi connectivity index (χ1) is 7.07. The average Bonchev–Trinajstić information content (AvgIpc) is 2.17. The summed E-state index contributed by atoms with van der Waals surface area (Å²) in [6, 6.07) is 5.55. The van der Waals surface area contributed by atoms with E-state index in [0.29, 0.717) is 10.6 Å². The molecule has 0 aliphatic carbocycles. The van der Waals surface area contributed by atoms with Crippen LogP contribution in [-0.2, 0) is 0 Å². The van der Waals surface area contributed by atoms with Crippen LogP contribution in [0.2, 0.25) is 5.02 Å². The first-order valence-corrected chi connectivity index (χ1v) is 5.29. The van der Waals surface area contributed by atoms with Gasteiger partial charge in [-0.2, -0.15) is 0 Å². The van der Waals surface area contributed by atoms with Gasteiger partial charge in [0.05, 0.1) is 10.6 Å². The predicted octanol–water partition coefficient (Wildman–Crippen LogP) is 2.47. The standard InChI is InChI=1S/C11H16ClN3/c1-3-7-15(2)9-6-4-5-8(12)10(9)11(13)14/h4-6H,3,7H2,1-2H3,(H3,13,14). The molecule has 0 radical (unpaired) electrons. The molecule has 0 fully saturated rings. The number of benzene rings is 1. The maximum Gasteiger partial charge on any atom is 0.126 e. The lowest BCUT2D eigenvalue weighted by atomic mass is 10.1. The van der Waals surface area contributed by atoms with Crippen LogP contribution in [0.3, 0.4) is 0 Å². The van der Waals surface area contributed by atoms with Crippen molar-refractivity contribution in [3.8, 4) is 0 Å². The van der Waals surface area contributed by atoms with E-state index in [4.69, 9.17) is 22.7 Å². The second-order valence-electron chi connectivity index (χ2n) is 3.47. The molecule has 0 amide bonds. The summed E-state index contributed by atoms with van der Waals surface area (Å²) in [5.41, 5.74) is 7.06. The number of nitrogens with one attached hydrogen (secondary N) is 1. The third kappa shape index (κ3) is 2.63. The van der Waals surface area contributed by atoms with E-state index in [1.54, 1.807) is 6.07 Å². The number of anilines is 1. The molecule has 4 heteroatoms. The van der Waals surface area contributed by atoms with Crippen LogP contribution in [0.25, 0.3) is 0 Å². The van der Waals surface area contributed by atoms with Gasteiger partial charge in [-0.25, -0.2) is 0 Å². The van der Waals surface area contributed by atoms with Crippen molar-refractivity contribution in [3.05, 3.63) is 28.8 Å². The van der Waals surface area contributed by atoms with Crippen molar-refractivity contribution in [2.45, 2.75) is 13.3 Å². The molecule has 0 saturated heterocycles. The van der Waals surface area contributed by atoms with Gasteiger partial charge in [0, 0.05) is 19.3 Å². The van der Waals surface area contributed by atoms with Crippen LogP contribution in [-0.4, -0.2) is 19.4 Å². The Kier molecular flexibility index (Phi) is 3.97. The molecule has 82 valence electrons. The zero-order valence-corrected chi connectivity index (χ0v) is 9.80. The fourth-order valence-electron chi connectivity index (χ4n) is 1.55. The average molecular weight is 226 g/mol. The van der Waals surface area contributed by atoms with E-state index < -0.39 is 0 Å². The van der Waals surface area contributed by atoms with Gasteiger partial charge < -0.3 is 10.6 Å². The molecule has 1 rings (SSSR count). The highest BCUT2D eigenvalue weighted by Crippen LogP contribution is 2.26. The summed E-state index contributed by atoms with van der Waals surface area (Å²) in [5.74, 6) is 0.0125. The molecule has 3 nitrogen and oxygen atoms in total. The number of rotatable bonds is 4. The predicted molar refractivity (Wildman–Crippen MR) is 66.0 cm³/mol. The largest absolute Gasteiger partial charge is 0.384 e. The number of nitrogens with two attached hydrogens (primary N) is 1. The minimum absolute atomic E-state index is 0.0125. The summed E-state index contributed by atoms with van der Waals surface area (Å²) in [7, 11) is 1.97. The molecular formula is C11H16ClN3. The third-order valence-electron chi connectivity index (χ3n) is 2.23. The Bertz CT molecular complexity index is 363. The van der Waals surface area contributed by atoms with Crippen molar-refractivity contribution in [3.63, 3.8) is 0 Å². The minimum Gasteiger partial charge on any atom is -0.384 e. The Morgan fingerprint density at radius 3 is 2.73 bits per heavy atom. The number of nitrogens with zero attached hydrogens (tertiary/aromatic N) is 1. The van der Waals surface area contributed by atoms with E-state index in [-0.39, 0.29) is 5.84 Å². The summed E-state index contributed by atoms with van der Waals surface area (Å²) in [6.45, 7) is 3.02. The number of halogens is 1. The first-order valence-electron chi connectivity index (χ1n) is 4.92. The Hall–Kier alpha value is -1.22. The molecule has 0 aromatic heterocycles. The number of hydrogen-bond donors (Lipinski definition) is 2. The number of amidine groups is 1. The highest BCUT2D eigenvalue weighted by Gasteiger charge is 2.12. The van der Waals surface area contributed by atoms with Gasteiger partial charge in [0.1, 0.15) is 5.84 Å². The molecule has 15 heavy (non-hydrogen) atoms. The fourth-order valence-corrected chi connectivity index (χ4v) is 1.82. The Morgan fingerprint density at radius 2 is 2.20 bits per heavy atom. The SMILES string of the molecule is CCCN(C)c1cccc(Cl)c1C(=N)N. The summed E-state index contributed by atoms with van der Waals surface area (Å²) in [5, 5.41) is 8.04. The van der Waals surface area contributed by atoms with Gasteiger partial charge in [-0.1, -0.05) is 24.6 Å². The fraction of sp³-hybridized carbons (Fsp3) is 0.364. The van der Waals surface area contributed by atoms with Crippen molar-refractivity contribution in [2.75, 3.05) is 18.5 Å². The Labute approximate surface area is 95.3 Å². The molecule has 0 heterocycles. The van der Waals surface area contributed by atoms with Gasteiger partial charge in [0.2, 0.25) is 0 Å². The van der Waals surface area contributed by atoms with Gasteiger partial charge >= 0.3 is 0 Å². The second-order valence-corrected chi connectivity index (χ2v) is 3.88. The highest BCUT2D eigenvalue weighted by molar-refractivity contribution is 6.34. The molecule has 1 aromatic rings. The van der Waals surface area contributed by atoms with Crippen molar-refractivity contribution in [1.82, 2.24) is 0 Å². The molecule has 1 aromatic carbocycles. The van der Waals surface area contributed by atoms with Crippen LogP contribution in [0.1, 0.15) is 18.9 Å². The molecule has 0 spiro atoms. The maximum absolute atomic E-state index is 7.51. The van der Waals surface area contributed by atoms with Crippen LogP contribution < -0.4 is 10.6 Å². The quantitative estimate of drug-likeness (QED) is 0.611. The molecule has 3 N–H and O–H groups in total. The van der Waals surface area contributed by atoms with E-state index in [1.165, 1.54) is 0 Å². The van der Waals surface area contributed by atoms with E-state index >= 15 is 0 Å². The molecule has 0 bridgehead atoms.